The Labute approximate surface area is 446 Å². The third-order valence-electron chi connectivity index (χ3n) is 10.0. The molecule has 0 aliphatic carbocycles. The van der Waals surface area contributed by atoms with Gasteiger partial charge in [-0.1, -0.05) is 53.5 Å². The lowest BCUT2D eigenvalue weighted by Crippen LogP contribution is -2.11. The van der Waals surface area contributed by atoms with Crippen molar-refractivity contribution < 1.29 is 70.8 Å². The van der Waals surface area contributed by atoms with Gasteiger partial charge in [0.1, 0.15) is 44.2 Å². The first-order valence-corrected chi connectivity index (χ1v) is 28.8. The minimum absolute atomic E-state index is 0.00447. The molecule has 1 aromatic heterocycles. The lowest BCUT2D eigenvalue weighted by atomic mass is 10.2. The predicted molar refractivity (Wildman–Crippen MR) is 279 cm³/mol. The summed E-state index contributed by atoms with van der Waals surface area (Å²) in [6.07, 6.45) is 0.360. The SMILES string of the molecule is COc1ccc(N=Nc2cc(OCCCCS(=O)(=O)O)c(Nc3nc(NCc4ccccc4)nc(Nc4cc(Cl)c(N=Nc5ccc(OC)c(S(=O)(=O)O)c5)cc4OCCCCS(=O)(=O)O)n3)cc2Cl)cc1S(=O)(=O)O. The molecule has 0 spiro atoms. The summed E-state index contributed by atoms with van der Waals surface area (Å²) in [7, 11) is -15.6. The van der Waals surface area contributed by atoms with E-state index in [1.807, 2.05) is 30.3 Å². The van der Waals surface area contributed by atoms with Crippen LogP contribution in [-0.2, 0) is 47.0 Å². The molecule has 0 fully saturated rings. The van der Waals surface area contributed by atoms with Crippen LogP contribution >= 0.6 is 23.2 Å². The Morgan fingerprint density at radius 3 is 1.33 bits per heavy atom. The topological polar surface area (TPSA) is 379 Å². The van der Waals surface area contributed by atoms with Gasteiger partial charge in [-0.15, -0.1) is 10.2 Å². The molecule has 0 radical (unpaired) electrons. The highest BCUT2D eigenvalue weighted by Crippen LogP contribution is 2.41. The van der Waals surface area contributed by atoms with Gasteiger partial charge in [0.15, 0.2) is 0 Å². The first kappa shape index (κ1) is 58.4. The zero-order chi connectivity index (χ0) is 55.3. The Hall–Kier alpha value is -6.87. The molecule has 0 bridgehead atoms. The van der Waals surface area contributed by atoms with E-state index in [1.165, 1.54) is 62.8 Å². The largest absolute Gasteiger partial charge is 0.495 e. The van der Waals surface area contributed by atoms with Crippen molar-refractivity contribution in [3.8, 4) is 23.0 Å². The number of azo groups is 2. The average molecular weight is 1170 g/mol. The second-order valence-electron chi connectivity index (χ2n) is 15.7. The normalized spacial score (nSPS) is 12.2. The molecule has 1 heterocycles. The van der Waals surface area contributed by atoms with Crippen LogP contribution in [-0.4, -0.2) is 106 Å². The number of hydrogen-bond acceptors (Lipinski definition) is 22. The molecule has 32 heteroatoms. The minimum Gasteiger partial charge on any atom is -0.495 e. The number of anilines is 5. The fraction of sp³-hybridized carbons (Fsp3) is 0.250. The molecule has 5 aromatic carbocycles. The van der Waals surface area contributed by atoms with Crippen LogP contribution in [0.1, 0.15) is 31.2 Å². The zero-order valence-corrected chi connectivity index (χ0v) is 44.5. The fourth-order valence-electron chi connectivity index (χ4n) is 6.48. The molecule has 0 aliphatic rings. The van der Waals surface area contributed by atoms with E-state index >= 15 is 0 Å². The molecule has 6 aromatic rings. The molecule has 0 amide bonds. The van der Waals surface area contributed by atoms with Crippen LogP contribution in [0.25, 0.3) is 0 Å². The molecule has 26 nitrogen and oxygen atoms in total. The van der Waals surface area contributed by atoms with Crippen LogP contribution in [0.3, 0.4) is 0 Å². The summed E-state index contributed by atoms with van der Waals surface area (Å²) in [5.74, 6) is -1.49. The second-order valence-corrected chi connectivity index (χ2v) is 22.4. The average Bonchev–Trinajstić information content (AvgIpc) is 3.35. The lowest BCUT2D eigenvalue weighted by molar-refractivity contribution is 0.310. The Kier molecular flexibility index (Phi) is 19.8. The highest BCUT2D eigenvalue weighted by molar-refractivity contribution is 7.86. The summed E-state index contributed by atoms with van der Waals surface area (Å²) in [5, 5.41) is 25.7. The number of hydrogen-bond donors (Lipinski definition) is 7. The van der Waals surface area contributed by atoms with E-state index in [0.29, 0.717) is 0 Å². The van der Waals surface area contributed by atoms with E-state index in [2.05, 4.69) is 51.4 Å². The first-order chi connectivity index (χ1) is 35.9. The molecule has 76 heavy (non-hydrogen) atoms. The third kappa shape index (κ3) is 17.9. The van der Waals surface area contributed by atoms with E-state index in [1.54, 1.807) is 0 Å². The van der Waals surface area contributed by atoms with Gasteiger partial charge >= 0.3 is 0 Å². The number of rotatable bonds is 27. The van der Waals surface area contributed by atoms with E-state index in [-0.39, 0.29) is 130 Å². The highest BCUT2D eigenvalue weighted by Gasteiger charge is 2.21. The number of nitrogens with one attached hydrogen (secondary N) is 3. The van der Waals surface area contributed by atoms with Crippen molar-refractivity contribution in [2.24, 2.45) is 20.5 Å². The first-order valence-electron chi connectivity index (χ1n) is 21.9. The maximum Gasteiger partial charge on any atom is 0.298 e. The van der Waals surface area contributed by atoms with Gasteiger partial charge in [0.25, 0.3) is 40.5 Å². The van der Waals surface area contributed by atoms with Crippen LogP contribution in [0, 0.1) is 0 Å². The Balaban J connectivity index is 1.39. The third-order valence-corrected chi connectivity index (χ3v) is 14.0. The summed E-state index contributed by atoms with van der Waals surface area (Å²) in [4.78, 5) is 12.5. The fourth-order valence-corrected chi connectivity index (χ4v) is 9.37. The molecule has 7 N–H and O–H groups in total. The van der Waals surface area contributed by atoms with Crippen molar-refractivity contribution in [3.63, 3.8) is 0 Å². The lowest BCUT2D eigenvalue weighted by Gasteiger charge is -2.17. The number of halogens is 2. The molecule has 406 valence electrons. The van der Waals surface area contributed by atoms with E-state index < -0.39 is 61.8 Å². The summed E-state index contributed by atoms with van der Waals surface area (Å²) in [5.41, 5.74) is 1.09. The van der Waals surface area contributed by atoms with Gasteiger partial charge in [0.05, 0.1) is 71.7 Å². The Bertz CT molecular complexity index is 3380. The second kappa shape index (κ2) is 25.8. The van der Waals surface area contributed by atoms with Gasteiger partial charge in [-0.3, -0.25) is 18.2 Å². The molecule has 0 unspecified atom stereocenters. The maximum absolute atomic E-state index is 12.0. The molecule has 6 rings (SSSR count). The van der Waals surface area contributed by atoms with E-state index in [9.17, 15) is 51.9 Å². The minimum atomic E-state index is -4.73. The van der Waals surface area contributed by atoms with Crippen molar-refractivity contribution in [2.75, 3.05) is 54.9 Å². The van der Waals surface area contributed by atoms with Gasteiger partial charge in [-0.25, -0.2) is 0 Å². The number of nitrogens with zero attached hydrogens (tertiary/aromatic N) is 7. The predicted octanol–water partition coefficient (Wildman–Crippen LogP) is 9.71. The number of unbranched alkanes of at least 4 members (excludes halogenated alkanes) is 2. The van der Waals surface area contributed by atoms with Gasteiger partial charge in [0.2, 0.25) is 17.8 Å². The monoisotopic (exact) mass is 1170 g/mol. The molecule has 0 aliphatic heterocycles. The summed E-state index contributed by atoms with van der Waals surface area (Å²) < 4.78 is 154. The molecule has 0 atom stereocenters. The van der Waals surface area contributed by atoms with Crippen LogP contribution in [0.5, 0.6) is 23.0 Å². The summed E-state index contributed by atoms with van der Waals surface area (Å²) >= 11 is 13.5. The van der Waals surface area contributed by atoms with Gasteiger partial charge in [-0.2, -0.15) is 58.9 Å². The van der Waals surface area contributed by atoms with Crippen molar-refractivity contribution in [2.45, 2.75) is 42.0 Å². The van der Waals surface area contributed by atoms with Gasteiger partial charge in [-0.05, 0) is 79.8 Å². The van der Waals surface area contributed by atoms with Gasteiger partial charge in [0, 0.05) is 18.7 Å². The maximum atomic E-state index is 12.0. The number of methoxy groups -OCH3 is 2. The summed E-state index contributed by atoms with van der Waals surface area (Å²) in [6.45, 7) is 0.0523. The molecule has 0 saturated carbocycles. The summed E-state index contributed by atoms with van der Waals surface area (Å²) in [6, 6.07) is 22.0. The highest BCUT2D eigenvalue weighted by atomic mass is 35.5. The van der Waals surface area contributed by atoms with Crippen LogP contribution < -0.4 is 34.9 Å². The molecular weight excluding hydrogens is 1120 g/mol. The number of benzene rings is 5. The molecule has 0 saturated heterocycles. The van der Waals surface area contributed by atoms with Crippen molar-refractivity contribution in [3.05, 3.63) is 107 Å². The van der Waals surface area contributed by atoms with Crippen LogP contribution in [0.2, 0.25) is 10.0 Å². The Morgan fingerprint density at radius 2 is 0.934 bits per heavy atom. The molecular formula is C44H46Cl2N10O16S4. The van der Waals surface area contributed by atoms with Crippen molar-refractivity contribution >= 4 is 116 Å². The van der Waals surface area contributed by atoms with E-state index in [0.717, 1.165) is 17.7 Å². The Morgan fingerprint density at radius 1 is 0.513 bits per heavy atom. The quantitative estimate of drug-likeness (QED) is 0.0143. The number of ether oxygens (including phenoxy) is 4. The van der Waals surface area contributed by atoms with Crippen molar-refractivity contribution in [1.82, 2.24) is 15.0 Å². The number of aromatic nitrogens is 3. The van der Waals surface area contributed by atoms with Crippen LogP contribution in [0.4, 0.5) is 52.0 Å². The van der Waals surface area contributed by atoms with E-state index in [4.69, 9.17) is 42.1 Å². The van der Waals surface area contributed by atoms with Crippen molar-refractivity contribution in [1.29, 1.82) is 0 Å². The van der Waals surface area contributed by atoms with Gasteiger partial charge < -0.3 is 34.9 Å². The zero-order valence-electron chi connectivity index (χ0n) is 39.7. The smallest absolute Gasteiger partial charge is 0.298 e. The standard InChI is InChI=1S/C44H46Cl2N10O16S4/c1-69-36-14-12-28(20-40(36)75(63,64)65)53-55-32-24-38(71-16-6-8-18-73(57,58)59)34(22-30(32)45)48-43-50-42(47-26-27-10-4-3-5-11-27)51-44(52-43)49-35-23-31(46)33(25-39(35)72-17-7-9-19-74(60,61)62)56-54-29-13-15-37(70-2)41(21-29)76(66,67)68/h3-5,10-15,20-25H,6-9,16-19,26H2,1-2H3,(H,57,58,59)(H,60,61,62)(H,63,64,65)(H,66,67,68)(H3,47,48,49,50,51,52). The van der Waals surface area contributed by atoms with Crippen LogP contribution in [0.15, 0.2) is 121 Å².